The van der Waals surface area contributed by atoms with Gasteiger partial charge in [0.15, 0.2) is 11.5 Å². The standard InChI is InChI=1S/C34H39FN2O3/c1-38-33-19-26-13-16-36(21-25-14-17-40-18-15-25)32(30(26)20-34(33)39-2)12-9-27-23-37(31-6-4-3-5-29(27)31)22-24-7-10-28(35)11-8-24/h3-8,10-11,19-20,23,25,32H,9,12-18,21-22H2,1-2H3. The van der Waals surface area contributed by atoms with E-state index in [-0.39, 0.29) is 5.82 Å². The molecule has 1 unspecified atom stereocenters. The fraction of sp³-hybridized carbons (Fsp3) is 0.412. The highest BCUT2D eigenvalue weighted by atomic mass is 19.1. The molecule has 0 spiro atoms. The van der Waals surface area contributed by atoms with Crippen LogP contribution in [0.25, 0.3) is 10.9 Å². The molecule has 0 saturated carbocycles. The van der Waals surface area contributed by atoms with E-state index in [0.717, 1.165) is 82.0 Å². The zero-order chi connectivity index (χ0) is 27.5. The molecule has 3 aromatic carbocycles. The van der Waals surface area contributed by atoms with Gasteiger partial charge in [-0.1, -0.05) is 30.3 Å². The molecule has 3 heterocycles. The number of hydrogen-bond acceptors (Lipinski definition) is 4. The van der Waals surface area contributed by atoms with Crippen molar-refractivity contribution >= 4 is 10.9 Å². The number of fused-ring (bicyclic) bond motifs is 2. The Labute approximate surface area is 236 Å². The van der Waals surface area contributed by atoms with Crippen molar-refractivity contribution in [2.75, 3.05) is 40.5 Å². The second-order valence-electron chi connectivity index (χ2n) is 11.2. The third-order valence-electron chi connectivity index (χ3n) is 8.77. The quantitative estimate of drug-likeness (QED) is 0.233. The van der Waals surface area contributed by atoms with Gasteiger partial charge in [-0.15, -0.1) is 0 Å². The van der Waals surface area contributed by atoms with Crippen LogP contribution in [0, 0.1) is 11.7 Å². The maximum absolute atomic E-state index is 13.5. The number of aromatic nitrogens is 1. The van der Waals surface area contributed by atoms with Gasteiger partial charge in [0.25, 0.3) is 0 Å². The summed E-state index contributed by atoms with van der Waals surface area (Å²) in [6, 6.07) is 20.2. The molecule has 6 rings (SSSR count). The number of ether oxygens (including phenoxy) is 3. The Bertz CT molecular complexity index is 1440. The molecular weight excluding hydrogens is 503 g/mol. The highest BCUT2D eigenvalue weighted by Crippen LogP contribution is 2.41. The van der Waals surface area contributed by atoms with Crippen molar-refractivity contribution in [1.82, 2.24) is 9.47 Å². The topological polar surface area (TPSA) is 35.9 Å². The minimum atomic E-state index is -0.200. The Kier molecular flexibility index (Phi) is 8.08. The van der Waals surface area contributed by atoms with Gasteiger partial charge in [-0.05, 0) is 90.6 Å². The normalized spacial score (nSPS) is 18.1. The van der Waals surface area contributed by atoms with E-state index in [4.69, 9.17) is 14.2 Å². The van der Waals surface area contributed by atoms with Crippen molar-refractivity contribution in [3.8, 4) is 11.5 Å². The Hall–Kier alpha value is -3.35. The molecular formula is C34H39FN2O3. The van der Waals surface area contributed by atoms with E-state index in [9.17, 15) is 4.39 Å². The summed E-state index contributed by atoms with van der Waals surface area (Å²) in [6.45, 7) is 4.63. The third kappa shape index (κ3) is 5.61. The number of aryl methyl sites for hydroxylation is 1. The summed E-state index contributed by atoms with van der Waals surface area (Å²) in [4.78, 5) is 2.71. The van der Waals surface area contributed by atoms with Gasteiger partial charge in [0.1, 0.15) is 5.82 Å². The molecule has 0 N–H and O–H groups in total. The maximum Gasteiger partial charge on any atom is 0.161 e. The summed E-state index contributed by atoms with van der Waals surface area (Å²) in [6.07, 6.45) is 7.59. The molecule has 0 radical (unpaired) electrons. The minimum Gasteiger partial charge on any atom is -0.493 e. The molecule has 2 aliphatic rings. The van der Waals surface area contributed by atoms with Crippen molar-refractivity contribution < 1.29 is 18.6 Å². The molecule has 210 valence electrons. The van der Waals surface area contributed by atoms with Crippen LogP contribution in [0.15, 0.2) is 66.9 Å². The second-order valence-corrected chi connectivity index (χ2v) is 11.2. The van der Waals surface area contributed by atoms with Crippen LogP contribution in [0.1, 0.15) is 47.6 Å². The summed E-state index contributed by atoms with van der Waals surface area (Å²) >= 11 is 0. The van der Waals surface area contributed by atoms with Crippen molar-refractivity contribution in [2.24, 2.45) is 5.92 Å². The first-order valence-electron chi connectivity index (χ1n) is 14.5. The van der Waals surface area contributed by atoms with E-state index < -0.39 is 0 Å². The molecule has 0 bridgehead atoms. The Morgan fingerprint density at radius 2 is 1.70 bits per heavy atom. The van der Waals surface area contributed by atoms with Crippen LogP contribution in [0.3, 0.4) is 0 Å². The number of methoxy groups -OCH3 is 2. The molecule has 2 aliphatic heterocycles. The number of para-hydroxylation sites is 1. The number of halogens is 1. The predicted octanol–water partition coefficient (Wildman–Crippen LogP) is 6.80. The van der Waals surface area contributed by atoms with Gasteiger partial charge >= 0.3 is 0 Å². The summed E-state index contributed by atoms with van der Waals surface area (Å²) in [5, 5.41) is 1.30. The molecule has 0 amide bonds. The number of rotatable bonds is 9. The molecule has 5 nitrogen and oxygen atoms in total. The molecule has 40 heavy (non-hydrogen) atoms. The van der Waals surface area contributed by atoms with Crippen LogP contribution in [0.2, 0.25) is 0 Å². The zero-order valence-corrected chi connectivity index (χ0v) is 23.6. The van der Waals surface area contributed by atoms with E-state index in [0.29, 0.717) is 12.0 Å². The first kappa shape index (κ1) is 26.9. The lowest BCUT2D eigenvalue weighted by Crippen LogP contribution is -2.40. The van der Waals surface area contributed by atoms with E-state index in [1.807, 2.05) is 12.1 Å². The van der Waals surface area contributed by atoms with Crippen LogP contribution in [0.4, 0.5) is 4.39 Å². The average molecular weight is 543 g/mol. The van der Waals surface area contributed by atoms with Crippen molar-refractivity contribution in [3.05, 3.63) is 94.9 Å². The van der Waals surface area contributed by atoms with Gasteiger partial charge in [-0.25, -0.2) is 4.39 Å². The van der Waals surface area contributed by atoms with Crippen molar-refractivity contribution in [3.63, 3.8) is 0 Å². The van der Waals surface area contributed by atoms with Gasteiger partial charge in [-0.2, -0.15) is 0 Å². The fourth-order valence-electron chi connectivity index (χ4n) is 6.63. The molecule has 4 aromatic rings. The smallest absolute Gasteiger partial charge is 0.161 e. The third-order valence-corrected chi connectivity index (χ3v) is 8.77. The highest BCUT2D eigenvalue weighted by molar-refractivity contribution is 5.84. The van der Waals surface area contributed by atoms with Gasteiger partial charge in [0.2, 0.25) is 0 Å². The Morgan fingerprint density at radius 1 is 0.950 bits per heavy atom. The van der Waals surface area contributed by atoms with Crippen LogP contribution < -0.4 is 9.47 Å². The van der Waals surface area contributed by atoms with Gasteiger partial charge in [0.05, 0.1) is 14.2 Å². The van der Waals surface area contributed by atoms with Gasteiger partial charge in [0, 0.05) is 56.0 Å². The Balaban J connectivity index is 1.30. The first-order chi connectivity index (χ1) is 19.6. The maximum atomic E-state index is 13.5. The van der Waals surface area contributed by atoms with E-state index in [1.165, 1.54) is 27.6 Å². The first-order valence-corrected chi connectivity index (χ1v) is 14.5. The fourth-order valence-corrected chi connectivity index (χ4v) is 6.63. The van der Waals surface area contributed by atoms with Crippen molar-refractivity contribution in [1.29, 1.82) is 0 Å². The van der Waals surface area contributed by atoms with Crippen LogP contribution >= 0.6 is 0 Å². The molecule has 1 atom stereocenters. The summed E-state index contributed by atoms with van der Waals surface area (Å²) in [5.41, 5.74) is 6.40. The summed E-state index contributed by atoms with van der Waals surface area (Å²) < 4.78 is 32.8. The van der Waals surface area contributed by atoms with Gasteiger partial charge < -0.3 is 18.8 Å². The van der Waals surface area contributed by atoms with Crippen LogP contribution in [-0.4, -0.2) is 50.0 Å². The lowest BCUT2D eigenvalue weighted by atomic mass is 9.87. The number of benzene rings is 3. The lowest BCUT2D eigenvalue weighted by Gasteiger charge is -2.40. The molecule has 1 fully saturated rings. The largest absolute Gasteiger partial charge is 0.493 e. The number of nitrogens with zero attached hydrogens (tertiary/aromatic N) is 2. The summed E-state index contributed by atoms with van der Waals surface area (Å²) in [5.74, 6) is 2.08. The molecule has 0 aliphatic carbocycles. The zero-order valence-electron chi connectivity index (χ0n) is 23.6. The average Bonchev–Trinajstić information content (AvgIpc) is 3.34. The summed E-state index contributed by atoms with van der Waals surface area (Å²) in [7, 11) is 3.43. The monoisotopic (exact) mass is 542 g/mol. The number of hydrogen-bond donors (Lipinski definition) is 0. The van der Waals surface area contributed by atoms with E-state index in [1.54, 1.807) is 26.4 Å². The second kappa shape index (κ2) is 12.0. The predicted molar refractivity (Wildman–Crippen MR) is 157 cm³/mol. The van der Waals surface area contributed by atoms with Gasteiger partial charge in [-0.3, -0.25) is 4.90 Å². The van der Waals surface area contributed by atoms with E-state index >= 15 is 0 Å². The lowest BCUT2D eigenvalue weighted by molar-refractivity contribution is 0.0423. The van der Waals surface area contributed by atoms with Crippen LogP contribution in [0.5, 0.6) is 11.5 Å². The minimum absolute atomic E-state index is 0.200. The Morgan fingerprint density at radius 3 is 2.48 bits per heavy atom. The SMILES string of the molecule is COc1cc2c(cc1OC)C(CCc1cn(Cc3ccc(F)cc3)c3ccccc13)N(CC1CCOCC1)CC2. The molecule has 6 heteroatoms. The highest BCUT2D eigenvalue weighted by Gasteiger charge is 2.31. The van der Waals surface area contributed by atoms with Crippen molar-refractivity contribution in [2.45, 2.75) is 44.7 Å². The molecule has 1 saturated heterocycles. The van der Waals surface area contributed by atoms with E-state index in [2.05, 4.69) is 52.1 Å². The van der Waals surface area contributed by atoms with Crippen LogP contribution in [-0.2, 0) is 24.1 Å². The molecule has 1 aromatic heterocycles.